The molecule has 0 radical (unpaired) electrons. The second-order valence-electron chi connectivity index (χ2n) is 9.07. The Morgan fingerprint density at radius 3 is 2.56 bits per heavy atom. The van der Waals surface area contributed by atoms with Gasteiger partial charge in [0, 0.05) is 28.2 Å². The number of benzene rings is 2. The molecule has 1 aliphatic heterocycles. The number of sulfonamides is 1. The summed E-state index contributed by atoms with van der Waals surface area (Å²) in [5.41, 5.74) is 0.107. The topological polar surface area (TPSA) is 110 Å². The molecule has 2 aromatic carbocycles. The number of hydrogen-bond donors (Lipinski definition) is 1. The summed E-state index contributed by atoms with van der Waals surface area (Å²) in [6.07, 6.45) is 3.33. The zero-order valence-corrected chi connectivity index (χ0v) is 22.8. The van der Waals surface area contributed by atoms with E-state index in [9.17, 15) is 31.6 Å². The minimum Gasteiger partial charge on any atom is -0.468 e. The van der Waals surface area contributed by atoms with E-state index >= 15 is 0 Å². The zero-order valence-electron chi connectivity index (χ0n) is 20.5. The third-order valence-electron chi connectivity index (χ3n) is 6.62. The van der Waals surface area contributed by atoms with Crippen LogP contribution in [0.4, 0.5) is 8.78 Å². The molecule has 0 aromatic heterocycles. The molecule has 0 bridgehead atoms. The maximum absolute atomic E-state index is 13.5. The van der Waals surface area contributed by atoms with Crippen LogP contribution in [0, 0.1) is 17.0 Å². The molecule has 39 heavy (non-hydrogen) atoms. The van der Waals surface area contributed by atoms with Gasteiger partial charge in [-0.2, -0.15) is 0 Å². The molecular weight excluding hydrogens is 577 g/mol. The predicted octanol–water partition coefficient (Wildman–Crippen LogP) is 4.66. The standard InChI is InChI=1S/C26H22Cl2F2N2O6S/c1-38-25(35)26-10-2-3-15(5-9-22(33)31-39(36,37)18-7-8-20(29)21(30)12-18)24(26)32(23(34)13-26)14-16-4-6-17(27)11-19(16)28/h4-9,11-12H,2-3,10,13-14H2,1H3,(H,31,33)/b9-5+. The fourth-order valence-corrected chi connectivity index (χ4v) is 6.29. The monoisotopic (exact) mass is 598 g/mol. The van der Waals surface area contributed by atoms with E-state index in [4.69, 9.17) is 27.9 Å². The van der Waals surface area contributed by atoms with E-state index in [0.29, 0.717) is 58.3 Å². The molecule has 1 unspecified atom stereocenters. The number of carbonyl (C=O) groups is 3. The van der Waals surface area contributed by atoms with Crippen LogP contribution in [-0.2, 0) is 35.7 Å². The second-order valence-corrected chi connectivity index (χ2v) is 11.6. The van der Waals surface area contributed by atoms with E-state index in [-0.39, 0.29) is 18.9 Å². The molecule has 1 atom stereocenters. The number of rotatable bonds is 7. The van der Waals surface area contributed by atoms with Gasteiger partial charge in [0.25, 0.3) is 15.9 Å². The lowest BCUT2D eigenvalue weighted by molar-refractivity contribution is -0.151. The van der Waals surface area contributed by atoms with Crippen LogP contribution in [0.25, 0.3) is 0 Å². The molecule has 1 heterocycles. The quantitative estimate of drug-likeness (QED) is 0.366. The smallest absolute Gasteiger partial charge is 0.318 e. The van der Waals surface area contributed by atoms with Crippen LogP contribution in [-0.4, -0.2) is 38.2 Å². The second kappa shape index (κ2) is 11.1. The van der Waals surface area contributed by atoms with Crippen LogP contribution in [0.2, 0.25) is 10.0 Å². The lowest BCUT2D eigenvalue weighted by Gasteiger charge is -2.35. The van der Waals surface area contributed by atoms with Gasteiger partial charge in [-0.25, -0.2) is 21.9 Å². The minimum absolute atomic E-state index is 0.0248. The number of halogens is 4. The van der Waals surface area contributed by atoms with Crippen LogP contribution >= 0.6 is 23.2 Å². The Bertz CT molecular complexity index is 1540. The Labute approximate surface area is 233 Å². The molecule has 1 saturated heterocycles. The van der Waals surface area contributed by atoms with Gasteiger partial charge in [0.05, 0.1) is 18.6 Å². The highest BCUT2D eigenvalue weighted by molar-refractivity contribution is 7.90. The Hall–Kier alpha value is -3.28. The average molecular weight is 599 g/mol. The first-order chi connectivity index (χ1) is 18.4. The summed E-state index contributed by atoms with van der Waals surface area (Å²) in [6, 6.07) is 6.70. The highest BCUT2D eigenvalue weighted by Gasteiger charge is 2.56. The van der Waals surface area contributed by atoms with Gasteiger partial charge in [0.1, 0.15) is 5.41 Å². The average Bonchev–Trinajstić information content (AvgIpc) is 3.17. The van der Waals surface area contributed by atoms with Crippen molar-refractivity contribution in [3.8, 4) is 0 Å². The van der Waals surface area contributed by atoms with Crippen molar-refractivity contribution in [1.82, 2.24) is 9.62 Å². The van der Waals surface area contributed by atoms with Crippen LogP contribution in [0.3, 0.4) is 0 Å². The molecule has 4 rings (SSSR count). The van der Waals surface area contributed by atoms with Gasteiger partial charge in [0.2, 0.25) is 5.91 Å². The number of fused-ring (bicyclic) bond motifs is 1. The van der Waals surface area contributed by atoms with Gasteiger partial charge < -0.3 is 9.64 Å². The molecule has 0 saturated carbocycles. The number of methoxy groups -OCH3 is 1. The van der Waals surface area contributed by atoms with Crippen molar-refractivity contribution in [2.24, 2.45) is 5.41 Å². The maximum Gasteiger partial charge on any atom is 0.318 e. The summed E-state index contributed by atoms with van der Waals surface area (Å²) in [6.45, 7) is 0.0248. The fraction of sp³-hybridized carbons (Fsp3) is 0.269. The van der Waals surface area contributed by atoms with Gasteiger partial charge >= 0.3 is 5.97 Å². The Morgan fingerprint density at radius 2 is 1.90 bits per heavy atom. The first-order valence-corrected chi connectivity index (χ1v) is 13.9. The largest absolute Gasteiger partial charge is 0.468 e. The molecule has 1 fully saturated rings. The lowest BCUT2D eigenvalue weighted by atomic mass is 9.73. The van der Waals surface area contributed by atoms with Gasteiger partial charge in [-0.1, -0.05) is 35.3 Å². The first kappa shape index (κ1) is 28.7. The predicted molar refractivity (Wildman–Crippen MR) is 138 cm³/mol. The van der Waals surface area contributed by atoms with Crippen LogP contribution < -0.4 is 4.72 Å². The summed E-state index contributed by atoms with van der Waals surface area (Å²) in [4.78, 5) is 39.5. The minimum atomic E-state index is -4.50. The van der Waals surface area contributed by atoms with Crippen LogP contribution in [0.5, 0.6) is 0 Å². The SMILES string of the molecule is COC(=O)C12CCCC(/C=C/C(=O)NS(=O)(=O)c3ccc(F)c(F)c3)=C1N(Cc1ccc(Cl)cc1Cl)C(=O)C2. The molecule has 2 aromatic rings. The summed E-state index contributed by atoms with van der Waals surface area (Å²) >= 11 is 12.3. The van der Waals surface area contributed by atoms with E-state index in [1.54, 1.807) is 16.9 Å². The first-order valence-electron chi connectivity index (χ1n) is 11.6. The summed E-state index contributed by atoms with van der Waals surface area (Å²) in [5.74, 6) is -4.65. The number of amides is 2. The number of likely N-dealkylation sites (tertiary alicyclic amines) is 1. The number of allylic oxidation sites excluding steroid dienone is 2. The highest BCUT2D eigenvalue weighted by Crippen LogP contribution is 2.52. The van der Waals surface area contributed by atoms with E-state index in [1.165, 1.54) is 24.2 Å². The van der Waals surface area contributed by atoms with Gasteiger partial charge in [0.15, 0.2) is 11.6 Å². The lowest BCUT2D eigenvalue weighted by Crippen LogP contribution is -2.37. The molecular formula is C26H22Cl2F2N2O6S. The van der Waals surface area contributed by atoms with Crippen molar-refractivity contribution in [2.45, 2.75) is 37.1 Å². The molecule has 0 spiro atoms. The number of nitrogens with zero attached hydrogens (tertiary/aromatic N) is 1. The number of carbonyl (C=O) groups excluding carboxylic acids is 3. The molecule has 1 aliphatic carbocycles. The number of hydrogen-bond acceptors (Lipinski definition) is 6. The van der Waals surface area contributed by atoms with Crippen molar-refractivity contribution in [3.05, 3.63) is 87.1 Å². The number of esters is 1. The third-order valence-corrected chi connectivity index (χ3v) is 8.55. The van der Waals surface area contributed by atoms with Gasteiger partial charge in [-0.3, -0.25) is 14.4 Å². The van der Waals surface area contributed by atoms with E-state index in [1.807, 2.05) is 0 Å². The molecule has 206 valence electrons. The Balaban J connectivity index is 1.69. The highest BCUT2D eigenvalue weighted by atomic mass is 35.5. The Morgan fingerprint density at radius 1 is 1.15 bits per heavy atom. The summed E-state index contributed by atoms with van der Waals surface area (Å²) < 4.78 is 58.5. The molecule has 2 amide bonds. The van der Waals surface area contributed by atoms with Crippen LogP contribution in [0.15, 0.2) is 64.7 Å². The molecule has 8 nitrogen and oxygen atoms in total. The van der Waals surface area contributed by atoms with E-state index in [0.717, 1.165) is 12.1 Å². The van der Waals surface area contributed by atoms with Crippen LogP contribution in [0.1, 0.15) is 31.2 Å². The normalized spacial score (nSPS) is 19.4. The fourth-order valence-electron chi connectivity index (χ4n) is 4.87. The molecule has 2 aliphatic rings. The van der Waals surface area contributed by atoms with Crippen molar-refractivity contribution in [2.75, 3.05) is 7.11 Å². The summed E-state index contributed by atoms with van der Waals surface area (Å²) in [5, 5.41) is 0.728. The molecule has 13 heteroatoms. The van der Waals surface area contributed by atoms with Gasteiger partial charge in [-0.15, -0.1) is 0 Å². The maximum atomic E-state index is 13.5. The number of nitrogens with one attached hydrogen (secondary N) is 1. The van der Waals surface area contributed by atoms with E-state index < -0.39 is 43.8 Å². The van der Waals surface area contributed by atoms with Gasteiger partial charge in [-0.05, 0) is 60.7 Å². The van der Waals surface area contributed by atoms with Crippen molar-refractivity contribution >= 4 is 51.0 Å². The zero-order chi connectivity index (χ0) is 28.5. The van der Waals surface area contributed by atoms with E-state index in [2.05, 4.69) is 0 Å². The van der Waals surface area contributed by atoms with Crippen molar-refractivity contribution in [3.63, 3.8) is 0 Å². The summed E-state index contributed by atoms with van der Waals surface area (Å²) in [7, 11) is -3.28. The van der Waals surface area contributed by atoms with Crippen molar-refractivity contribution < 1.29 is 36.3 Å². The third kappa shape index (κ3) is 5.70. The number of ether oxygens (including phenoxy) is 1. The van der Waals surface area contributed by atoms with Crippen molar-refractivity contribution in [1.29, 1.82) is 0 Å². The molecule has 1 N–H and O–H groups in total. The Kier molecular flexibility index (Phi) is 8.15.